The van der Waals surface area contributed by atoms with E-state index in [1.54, 1.807) is 17.4 Å². The fourth-order valence-corrected chi connectivity index (χ4v) is 4.74. The van der Waals surface area contributed by atoms with Crippen molar-refractivity contribution >= 4 is 33.6 Å². The molecule has 3 amide bonds. The molecule has 1 heterocycles. The van der Waals surface area contributed by atoms with Crippen molar-refractivity contribution in [1.29, 1.82) is 0 Å². The van der Waals surface area contributed by atoms with E-state index in [0.29, 0.717) is 13.1 Å². The molecule has 10 nitrogen and oxygen atoms in total. The molecule has 1 saturated heterocycles. The molecule has 1 fully saturated rings. The van der Waals surface area contributed by atoms with Crippen molar-refractivity contribution in [3.05, 3.63) is 59.9 Å². The van der Waals surface area contributed by atoms with Gasteiger partial charge in [-0.05, 0) is 49.4 Å². The molecule has 0 spiro atoms. The second-order valence-corrected chi connectivity index (χ2v) is 9.23. The Morgan fingerprint density at radius 3 is 2.30 bits per heavy atom. The molecule has 2 aromatic carbocycles. The molecule has 3 rings (SSSR count). The largest absolute Gasteiger partial charge is 0.449 e. The molecule has 0 radical (unpaired) electrons. The molecule has 3 N–H and O–H groups in total. The van der Waals surface area contributed by atoms with Crippen molar-refractivity contribution in [2.75, 3.05) is 31.1 Å². The predicted octanol–water partition coefficient (Wildman–Crippen LogP) is 1.08. The monoisotopic (exact) mass is 478 g/mol. The molecule has 176 valence electrons. The van der Waals surface area contributed by atoms with Crippen molar-refractivity contribution in [2.24, 2.45) is 5.73 Å². The number of esters is 1. The SMILES string of the molecule is CC(OC(=O)c1cccc(S(=O)(=O)N2CCN(c3ccc(F)cc3)CC2)c1)C(=O)NC(N)=O. The fourth-order valence-electron chi connectivity index (χ4n) is 3.28. The summed E-state index contributed by atoms with van der Waals surface area (Å²) in [6.45, 7) is 2.49. The summed E-state index contributed by atoms with van der Waals surface area (Å²) in [5.74, 6) is -2.18. The normalized spacial score (nSPS) is 15.5. The zero-order valence-electron chi connectivity index (χ0n) is 17.7. The minimum Gasteiger partial charge on any atom is -0.449 e. The molecule has 0 bridgehead atoms. The molecule has 2 aromatic rings. The summed E-state index contributed by atoms with van der Waals surface area (Å²) < 4.78 is 45.6. The number of ether oxygens (including phenoxy) is 1. The first kappa shape index (κ1) is 24.1. The maximum Gasteiger partial charge on any atom is 0.338 e. The van der Waals surface area contributed by atoms with Crippen molar-refractivity contribution < 1.29 is 31.9 Å². The number of carbonyl (C=O) groups is 3. The van der Waals surface area contributed by atoms with Gasteiger partial charge in [0.25, 0.3) is 5.91 Å². The number of carbonyl (C=O) groups excluding carboxylic acids is 3. The number of piperazine rings is 1. The second-order valence-electron chi connectivity index (χ2n) is 7.30. The summed E-state index contributed by atoms with van der Waals surface area (Å²) in [5.41, 5.74) is 5.59. The average molecular weight is 479 g/mol. The van der Waals surface area contributed by atoms with E-state index in [9.17, 15) is 27.2 Å². The van der Waals surface area contributed by atoms with Gasteiger partial charge in [0.15, 0.2) is 6.10 Å². The number of nitrogens with two attached hydrogens (primary N) is 1. The van der Waals surface area contributed by atoms with Crippen molar-refractivity contribution in [1.82, 2.24) is 9.62 Å². The smallest absolute Gasteiger partial charge is 0.338 e. The van der Waals surface area contributed by atoms with Crippen LogP contribution < -0.4 is 16.0 Å². The number of amides is 3. The lowest BCUT2D eigenvalue weighted by Crippen LogP contribution is -2.48. The summed E-state index contributed by atoms with van der Waals surface area (Å²) in [6, 6.07) is 10.2. The first-order chi connectivity index (χ1) is 15.6. The molecule has 1 aliphatic rings. The highest BCUT2D eigenvalue weighted by atomic mass is 32.2. The number of anilines is 1. The highest BCUT2D eigenvalue weighted by molar-refractivity contribution is 7.89. The Hall–Kier alpha value is -3.51. The van der Waals surface area contributed by atoms with E-state index in [1.165, 1.54) is 47.6 Å². The van der Waals surface area contributed by atoms with E-state index < -0.39 is 34.0 Å². The lowest BCUT2D eigenvalue weighted by Gasteiger charge is -2.35. The Morgan fingerprint density at radius 1 is 1.06 bits per heavy atom. The van der Waals surface area contributed by atoms with Crippen LogP contribution in [0.4, 0.5) is 14.9 Å². The zero-order valence-corrected chi connectivity index (χ0v) is 18.5. The van der Waals surface area contributed by atoms with E-state index in [2.05, 4.69) is 0 Å². The third-order valence-electron chi connectivity index (χ3n) is 5.04. The molecule has 12 heteroatoms. The third kappa shape index (κ3) is 5.84. The lowest BCUT2D eigenvalue weighted by molar-refractivity contribution is -0.127. The van der Waals surface area contributed by atoms with Gasteiger partial charge >= 0.3 is 12.0 Å². The maximum atomic E-state index is 13.1. The topological polar surface area (TPSA) is 139 Å². The number of hydrogen-bond acceptors (Lipinski definition) is 7. The van der Waals surface area contributed by atoms with Crippen LogP contribution in [-0.4, -0.2) is 62.9 Å². The number of imide groups is 1. The molecule has 1 atom stereocenters. The fraction of sp³-hybridized carbons (Fsp3) is 0.286. The number of primary amides is 1. The highest BCUT2D eigenvalue weighted by Crippen LogP contribution is 2.22. The molecule has 1 unspecified atom stereocenters. The summed E-state index contributed by atoms with van der Waals surface area (Å²) in [6.07, 6.45) is -1.31. The molecule has 0 aromatic heterocycles. The van der Waals surface area contributed by atoms with Crippen molar-refractivity contribution in [2.45, 2.75) is 17.9 Å². The highest BCUT2D eigenvalue weighted by Gasteiger charge is 2.29. The Kier molecular flexibility index (Phi) is 7.29. The number of benzene rings is 2. The quantitative estimate of drug-likeness (QED) is 0.592. The lowest BCUT2D eigenvalue weighted by atomic mass is 10.2. The van der Waals surface area contributed by atoms with E-state index >= 15 is 0 Å². The van der Waals surface area contributed by atoms with Crippen LogP contribution in [0.2, 0.25) is 0 Å². The number of sulfonamides is 1. The van der Waals surface area contributed by atoms with Gasteiger partial charge in [-0.3, -0.25) is 10.1 Å². The second kappa shape index (κ2) is 9.96. The van der Waals surface area contributed by atoms with Gasteiger partial charge in [0.2, 0.25) is 10.0 Å². The van der Waals surface area contributed by atoms with Gasteiger partial charge in [0, 0.05) is 31.9 Å². The Bertz CT molecular complexity index is 1150. The van der Waals surface area contributed by atoms with Crippen LogP contribution in [0.15, 0.2) is 53.4 Å². The predicted molar refractivity (Wildman–Crippen MR) is 116 cm³/mol. The summed E-state index contributed by atoms with van der Waals surface area (Å²) in [7, 11) is -3.89. The van der Waals surface area contributed by atoms with E-state index in [-0.39, 0.29) is 29.4 Å². The summed E-state index contributed by atoms with van der Waals surface area (Å²) in [5, 5.41) is 1.79. The van der Waals surface area contributed by atoms with Gasteiger partial charge in [0.05, 0.1) is 10.5 Å². The van der Waals surface area contributed by atoms with Crippen LogP contribution in [0.25, 0.3) is 0 Å². The molecule has 33 heavy (non-hydrogen) atoms. The van der Waals surface area contributed by atoms with Gasteiger partial charge in [-0.2, -0.15) is 4.31 Å². The van der Waals surface area contributed by atoms with Gasteiger partial charge in [-0.1, -0.05) is 6.07 Å². The number of nitrogens with one attached hydrogen (secondary N) is 1. The molecular formula is C21H23FN4O6S. The number of halogens is 1. The first-order valence-corrected chi connectivity index (χ1v) is 11.4. The molecular weight excluding hydrogens is 455 g/mol. The summed E-state index contributed by atoms with van der Waals surface area (Å²) >= 11 is 0. The molecule has 0 aliphatic carbocycles. The number of rotatable bonds is 6. The van der Waals surface area contributed by atoms with E-state index in [4.69, 9.17) is 10.5 Å². The van der Waals surface area contributed by atoms with Crippen LogP contribution in [0.3, 0.4) is 0 Å². The van der Waals surface area contributed by atoms with Crippen LogP contribution in [0.5, 0.6) is 0 Å². The Balaban J connectivity index is 1.67. The van der Waals surface area contributed by atoms with Crippen LogP contribution >= 0.6 is 0 Å². The van der Waals surface area contributed by atoms with Crippen molar-refractivity contribution in [3.8, 4) is 0 Å². The number of nitrogens with zero attached hydrogens (tertiary/aromatic N) is 2. The van der Waals surface area contributed by atoms with E-state index in [1.807, 2.05) is 4.90 Å². The minimum absolute atomic E-state index is 0.0697. The van der Waals surface area contributed by atoms with Gasteiger partial charge in [-0.25, -0.2) is 22.4 Å². The number of hydrogen-bond donors (Lipinski definition) is 2. The third-order valence-corrected chi connectivity index (χ3v) is 6.93. The van der Waals surface area contributed by atoms with E-state index in [0.717, 1.165) is 5.69 Å². The number of urea groups is 1. The maximum absolute atomic E-state index is 13.1. The molecule has 0 saturated carbocycles. The Morgan fingerprint density at radius 2 is 1.70 bits per heavy atom. The zero-order chi connectivity index (χ0) is 24.2. The molecule has 1 aliphatic heterocycles. The van der Waals surface area contributed by atoms with Crippen LogP contribution in [0.1, 0.15) is 17.3 Å². The first-order valence-electron chi connectivity index (χ1n) is 10.00. The van der Waals surface area contributed by atoms with Gasteiger partial charge < -0.3 is 15.4 Å². The van der Waals surface area contributed by atoms with Crippen LogP contribution in [0, 0.1) is 5.82 Å². The standard InChI is InChI=1S/C21H23FN4O6S/c1-14(19(27)24-21(23)29)32-20(28)15-3-2-4-18(13-15)33(30,31)26-11-9-25(10-12-26)17-7-5-16(22)6-8-17/h2-8,13-14H,9-12H2,1H3,(H3,23,24,27,29). The van der Waals surface area contributed by atoms with Crippen molar-refractivity contribution in [3.63, 3.8) is 0 Å². The van der Waals surface area contributed by atoms with Gasteiger partial charge in [-0.15, -0.1) is 0 Å². The van der Waals surface area contributed by atoms with Gasteiger partial charge in [0.1, 0.15) is 5.82 Å². The minimum atomic E-state index is -3.89. The average Bonchev–Trinajstić information content (AvgIpc) is 2.79. The van der Waals surface area contributed by atoms with Crippen LogP contribution in [-0.2, 0) is 19.6 Å². The summed E-state index contributed by atoms with van der Waals surface area (Å²) in [4.78, 5) is 36.7. The Labute approximate surface area is 190 Å².